The van der Waals surface area contributed by atoms with Crippen molar-refractivity contribution < 1.29 is 19.2 Å². The first-order chi connectivity index (χ1) is 17.4. The highest BCUT2D eigenvalue weighted by Gasteiger charge is 2.51. The first-order valence-corrected chi connectivity index (χ1v) is 13.3. The number of nitro benzene ring substituents is 1. The fraction of sp³-hybridized carbons (Fsp3) is 0.517. The lowest BCUT2D eigenvalue weighted by molar-refractivity contribution is -0.385. The summed E-state index contributed by atoms with van der Waals surface area (Å²) in [6.07, 6.45) is 5.35. The van der Waals surface area contributed by atoms with Gasteiger partial charge in [-0.25, -0.2) is 4.79 Å². The number of amides is 1. The van der Waals surface area contributed by atoms with Crippen molar-refractivity contribution in [3.63, 3.8) is 0 Å². The predicted octanol–water partition coefficient (Wildman–Crippen LogP) is 6.36. The lowest BCUT2D eigenvalue weighted by atomic mass is 9.49. The van der Waals surface area contributed by atoms with Gasteiger partial charge in [-0.1, -0.05) is 63.9 Å². The van der Waals surface area contributed by atoms with E-state index in [2.05, 4.69) is 51.2 Å². The van der Waals surface area contributed by atoms with Crippen molar-refractivity contribution in [3.05, 3.63) is 73.8 Å². The summed E-state index contributed by atoms with van der Waals surface area (Å²) >= 11 is 5.81. The average molecular weight is 527 g/mol. The fourth-order valence-corrected chi connectivity index (χ4v) is 6.77. The van der Waals surface area contributed by atoms with Crippen molar-refractivity contribution in [3.8, 4) is 0 Å². The van der Waals surface area contributed by atoms with E-state index in [-0.39, 0.29) is 21.4 Å². The third kappa shape index (κ3) is 5.37. The molecule has 0 bridgehead atoms. The molecule has 1 N–H and O–H groups in total. The zero-order valence-corrected chi connectivity index (χ0v) is 22.7. The Morgan fingerprint density at radius 3 is 2.65 bits per heavy atom. The van der Waals surface area contributed by atoms with Crippen LogP contribution in [0, 0.1) is 21.4 Å². The molecule has 4 rings (SSSR count). The molecule has 2 aromatic rings. The standard InChI is InChI=1S/C29H35ClN2O5/c1-18(2)19-6-10-23-20(14-19)7-11-25-28(3,12-5-13-29(23,25)4)17-31-26(33)16-37-27(34)22-9-8-21(30)15-24(22)32(35)36/h6,8-10,14-15,18,25H,5,7,11-13,16-17H2,1-4H3,(H,31,33). The third-order valence-electron chi connectivity index (χ3n) is 8.57. The molecule has 3 atom stereocenters. The average Bonchev–Trinajstić information content (AvgIpc) is 2.85. The number of benzene rings is 2. The van der Waals surface area contributed by atoms with Gasteiger partial charge in [-0.05, 0) is 77.2 Å². The van der Waals surface area contributed by atoms with E-state index < -0.39 is 29.1 Å². The van der Waals surface area contributed by atoms with Gasteiger partial charge >= 0.3 is 5.97 Å². The largest absolute Gasteiger partial charge is 0.452 e. The van der Waals surface area contributed by atoms with Gasteiger partial charge in [0.2, 0.25) is 0 Å². The van der Waals surface area contributed by atoms with Crippen LogP contribution >= 0.6 is 11.6 Å². The third-order valence-corrected chi connectivity index (χ3v) is 8.80. The Balaban J connectivity index is 1.41. The Labute approximate surface area is 223 Å². The molecule has 2 aromatic carbocycles. The molecule has 1 saturated carbocycles. The lowest BCUT2D eigenvalue weighted by Gasteiger charge is -2.55. The molecule has 0 saturated heterocycles. The molecule has 7 nitrogen and oxygen atoms in total. The minimum atomic E-state index is -0.931. The number of hydrogen-bond donors (Lipinski definition) is 1. The molecule has 0 spiro atoms. The molecule has 0 radical (unpaired) electrons. The molecule has 0 heterocycles. The molecule has 8 heteroatoms. The van der Waals surface area contributed by atoms with Crippen molar-refractivity contribution in [2.75, 3.05) is 13.2 Å². The first-order valence-electron chi connectivity index (χ1n) is 13.0. The van der Waals surface area contributed by atoms with Crippen LogP contribution in [-0.4, -0.2) is 30.0 Å². The number of fused-ring (bicyclic) bond motifs is 3. The fourth-order valence-electron chi connectivity index (χ4n) is 6.60. The van der Waals surface area contributed by atoms with E-state index in [1.165, 1.54) is 28.8 Å². The Morgan fingerprint density at radius 1 is 1.19 bits per heavy atom. The Kier molecular flexibility index (Phi) is 7.65. The number of aryl methyl sites for hydroxylation is 1. The summed E-state index contributed by atoms with van der Waals surface area (Å²) in [6.45, 7) is 9.07. The highest BCUT2D eigenvalue weighted by Crippen LogP contribution is 2.57. The lowest BCUT2D eigenvalue weighted by Crippen LogP contribution is -2.53. The smallest absolute Gasteiger partial charge is 0.345 e. The number of carbonyl (C=O) groups is 2. The van der Waals surface area contributed by atoms with Crippen LogP contribution in [0.3, 0.4) is 0 Å². The van der Waals surface area contributed by atoms with E-state index in [4.69, 9.17) is 16.3 Å². The zero-order valence-electron chi connectivity index (χ0n) is 21.9. The van der Waals surface area contributed by atoms with Gasteiger partial charge in [-0.3, -0.25) is 14.9 Å². The van der Waals surface area contributed by atoms with Crippen molar-refractivity contribution in [1.82, 2.24) is 5.32 Å². The number of hydrogen-bond acceptors (Lipinski definition) is 5. The molecule has 1 amide bonds. The summed E-state index contributed by atoms with van der Waals surface area (Å²) in [5.74, 6) is -0.427. The highest BCUT2D eigenvalue weighted by atomic mass is 35.5. The molecule has 0 aromatic heterocycles. The molecule has 3 unspecified atom stereocenters. The minimum Gasteiger partial charge on any atom is -0.452 e. The van der Waals surface area contributed by atoms with Crippen LogP contribution < -0.4 is 5.32 Å². The van der Waals surface area contributed by atoms with Crippen LogP contribution in [0.4, 0.5) is 5.69 Å². The summed E-state index contributed by atoms with van der Waals surface area (Å²) in [6, 6.07) is 10.7. The second-order valence-electron chi connectivity index (χ2n) is 11.4. The summed E-state index contributed by atoms with van der Waals surface area (Å²) in [5, 5.41) is 14.4. The molecule has 1 fully saturated rings. The second kappa shape index (κ2) is 10.4. The Bertz CT molecular complexity index is 1230. The van der Waals surface area contributed by atoms with Gasteiger partial charge in [0, 0.05) is 17.6 Å². The van der Waals surface area contributed by atoms with E-state index in [0.717, 1.165) is 38.2 Å². The summed E-state index contributed by atoms with van der Waals surface area (Å²) in [7, 11) is 0. The molecule has 198 valence electrons. The SMILES string of the molecule is CC(C)c1ccc2c(c1)CCC1C(C)(CNC(=O)COC(=O)c3ccc(Cl)cc3[N+](=O)[O-])CCCC21C. The number of carbonyl (C=O) groups excluding carboxylic acids is 2. The van der Waals surface area contributed by atoms with Gasteiger partial charge in [-0.2, -0.15) is 0 Å². The van der Waals surface area contributed by atoms with E-state index in [9.17, 15) is 19.7 Å². The van der Waals surface area contributed by atoms with Crippen molar-refractivity contribution >= 4 is 29.2 Å². The molecular formula is C29H35ClN2O5. The first kappa shape index (κ1) is 27.1. The molecular weight excluding hydrogens is 492 g/mol. The van der Waals surface area contributed by atoms with E-state index in [1.807, 2.05) is 0 Å². The van der Waals surface area contributed by atoms with Crippen LogP contribution in [0.2, 0.25) is 5.02 Å². The van der Waals surface area contributed by atoms with Crippen molar-refractivity contribution in [2.24, 2.45) is 11.3 Å². The maximum atomic E-state index is 12.6. The van der Waals surface area contributed by atoms with Crippen LogP contribution in [0.25, 0.3) is 0 Å². The van der Waals surface area contributed by atoms with Crippen LogP contribution in [0.15, 0.2) is 36.4 Å². The summed E-state index contributed by atoms with van der Waals surface area (Å²) < 4.78 is 5.10. The number of esters is 1. The van der Waals surface area contributed by atoms with Crippen molar-refractivity contribution in [1.29, 1.82) is 0 Å². The molecule has 0 aliphatic heterocycles. The van der Waals surface area contributed by atoms with Gasteiger partial charge in [0.05, 0.1) is 4.92 Å². The number of halogens is 1. The van der Waals surface area contributed by atoms with E-state index in [1.54, 1.807) is 0 Å². The van der Waals surface area contributed by atoms with Gasteiger partial charge in [0.15, 0.2) is 6.61 Å². The number of rotatable bonds is 7. The number of nitrogens with zero attached hydrogens (tertiary/aromatic N) is 1. The van der Waals surface area contributed by atoms with Gasteiger partial charge in [-0.15, -0.1) is 0 Å². The van der Waals surface area contributed by atoms with E-state index in [0.29, 0.717) is 18.4 Å². The van der Waals surface area contributed by atoms with Crippen LogP contribution in [0.1, 0.15) is 86.3 Å². The Morgan fingerprint density at radius 2 is 1.95 bits per heavy atom. The van der Waals surface area contributed by atoms with Crippen molar-refractivity contribution in [2.45, 2.75) is 71.1 Å². The molecule has 2 aliphatic rings. The quantitative estimate of drug-likeness (QED) is 0.257. The zero-order chi connectivity index (χ0) is 27.0. The van der Waals surface area contributed by atoms with Gasteiger partial charge < -0.3 is 10.1 Å². The maximum Gasteiger partial charge on any atom is 0.345 e. The summed E-state index contributed by atoms with van der Waals surface area (Å²) in [5.41, 5.74) is 3.57. The van der Waals surface area contributed by atoms with E-state index >= 15 is 0 Å². The topological polar surface area (TPSA) is 98.5 Å². The van der Waals surface area contributed by atoms with Crippen LogP contribution in [-0.2, 0) is 21.4 Å². The van der Waals surface area contributed by atoms with Gasteiger partial charge in [0.1, 0.15) is 5.56 Å². The highest BCUT2D eigenvalue weighted by molar-refractivity contribution is 6.31. The van der Waals surface area contributed by atoms with Crippen LogP contribution in [0.5, 0.6) is 0 Å². The second-order valence-corrected chi connectivity index (χ2v) is 11.8. The maximum absolute atomic E-state index is 12.6. The number of ether oxygens (including phenoxy) is 1. The molecule has 2 aliphatic carbocycles. The molecule has 37 heavy (non-hydrogen) atoms. The Hall–Kier alpha value is -2.93. The minimum absolute atomic E-state index is 0.0564. The van der Waals surface area contributed by atoms with Gasteiger partial charge in [0.25, 0.3) is 11.6 Å². The normalized spacial score (nSPS) is 24.6. The number of nitrogens with one attached hydrogen (secondary N) is 1. The monoisotopic (exact) mass is 526 g/mol. The summed E-state index contributed by atoms with van der Waals surface area (Å²) in [4.78, 5) is 35.6. The number of nitro groups is 1. The predicted molar refractivity (Wildman–Crippen MR) is 143 cm³/mol.